The Morgan fingerprint density at radius 3 is 1.94 bits per heavy atom. The molecule has 0 radical (unpaired) electrons. The largest absolute Gasteiger partial charge is 0.336 e. The zero-order chi connectivity index (χ0) is 25.0. The molecule has 0 aliphatic carbocycles. The fourth-order valence-electron chi connectivity index (χ4n) is 3.72. The van der Waals surface area contributed by atoms with Crippen molar-refractivity contribution in [2.45, 2.75) is 51.9 Å². The lowest BCUT2D eigenvalue weighted by Crippen LogP contribution is -2.49. The number of piperazine rings is 1. The Bertz CT molecular complexity index is 876. The molecule has 1 fully saturated rings. The average Bonchev–Trinajstić information content (AvgIpc) is 2.89. The zero-order valence-corrected chi connectivity index (χ0v) is 21.2. The number of hydrogen-bond donors (Lipinski definition) is 0. The fraction of sp³-hybridized carbons (Fsp3) is 0.433. The summed E-state index contributed by atoms with van der Waals surface area (Å²) in [6.07, 6.45) is 31.4. The van der Waals surface area contributed by atoms with Crippen molar-refractivity contribution in [2.75, 3.05) is 32.7 Å². The fourth-order valence-corrected chi connectivity index (χ4v) is 3.72. The molecule has 1 aliphatic rings. The Labute approximate surface area is 211 Å². The molecule has 1 aromatic rings. The monoisotopic (exact) mass is 475 g/mol. The summed E-state index contributed by atoms with van der Waals surface area (Å²) in [5.74, 6) is 0.278. The van der Waals surface area contributed by atoms with E-state index in [-0.39, 0.29) is 11.7 Å². The van der Waals surface area contributed by atoms with Crippen molar-refractivity contribution in [1.29, 1.82) is 0 Å². The second kappa shape index (κ2) is 18.3. The van der Waals surface area contributed by atoms with Crippen LogP contribution in [0.2, 0.25) is 0 Å². The number of carbonyl (C=O) groups is 2. The summed E-state index contributed by atoms with van der Waals surface area (Å²) < 4.78 is 0. The molecule has 5 nitrogen and oxygen atoms in total. The number of Topliss-reactive ketones (excluding diaryl/α,β-unsaturated/α-hetero) is 1. The highest BCUT2D eigenvalue weighted by molar-refractivity contribution is 5.94. The van der Waals surface area contributed by atoms with Crippen LogP contribution in [-0.4, -0.2) is 59.2 Å². The predicted octanol–water partition coefficient (Wildman–Crippen LogP) is 5.94. The summed E-state index contributed by atoms with van der Waals surface area (Å²) in [5, 5.41) is 0. The van der Waals surface area contributed by atoms with Gasteiger partial charge in [-0.05, 0) is 50.7 Å². The standard InChI is InChI=1S/C30H41N3O2/c1-2-3-4-5-6-7-8-9-10-11-12-13-14-15-16-17-20-29(34)27-32-22-24-33(25-23-32)30(35)28-19-18-21-31-26-28/h3-4,6-7,9-10,12-13,15-16,18-19,21,26H,2,5,8,11,14,17,20,22-25,27H2,1H3/b4-3-,7-6-,10-9-,13-12-,16-15-. The van der Waals surface area contributed by atoms with Crippen molar-refractivity contribution >= 4 is 11.7 Å². The number of pyridine rings is 1. The maximum absolute atomic E-state index is 12.5. The van der Waals surface area contributed by atoms with Gasteiger partial charge < -0.3 is 4.90 Å². The molecule has 0 saturated carbocycles. The number of rotatable bonds is 15. The number of allylic oxidation sites excluding steroid dienone is 10. The first-order chi connectivity index (χ1) is 17.2. The van der Waals surface area contributed by atoms with Gasteiger partial charge in [0.2, 0.25) is 0 Å². The minimum atomic E-state index is 0.0162. The van der Waals surface area contributed by atoms with Crippen LogP contribution in [0.4, 0.5) is 0 Å². The smallest absolute Gasteiger partial charge is 0.255 e. The molecular formula is C30H41N3O2. The number of aromatic nitrogens is 1. The molecular weight excluding hydrogens is 434 g/mol. The lowest BCUT2D eigenvalue weighted by molar-refractivity contribution is -0.120. The number of carbonyl (C=O) groups excluding carboxylic acids is 2. The Morgan fingerprint density at radius 2 is 1.40 bits per heavy atom. The molecule has 0 N–H and O–H groups in total. The first-order valence-corrected chi connectivity index (χ1v) is 12.9. The summed E-state index contributed by atoms with van der Waals surface area (Å²) in [6.45, 7) is 5.39. The van der Waals surface area contributed by atoms with Crippen molar-refractivity contribution in [3.63, 3.8) is 0 Å². The topological polar surface area (TPSA) is 53.5 Å². The first kappa shape index (κ1) is 28.2. The Morgan fingerprint density at radius 1 is 0.829 bits per heavy atom. The summed E-state index contributed by atoms with van der Waals surface area (Å²) >= 11 is 0. The number of ketones is 1. The Kier molecular flexibility index (Phi) is 14.7. The van der Waals surface area contributed by atoms with Gasteiger partial charge in [0.25, 0.3) is 5.91 Å². The highest BCUT2D eigenvalue weighted by Gasteiger charge is 2.23. The third-order valence-corrected chi connectivity index (χ3v) is 5.72. The molecule has 1 aliphatic heterocycles. The molecule has 188 valence electrons. The third-order valence-electron chi connectivity index (χ3n) is 5.72. The average molecular weight is 476 g/mol. The van der Waals surface area contributed by atoms with E-state index >= 15 is 0 Å². The van der Waals surface area contributed by atoms with Crippen LogP contribution in [0.5, 0.6) is 0 Å². The number of hydrogen-bond acceptors (Lipinski definition) is 4. The van der Waals surface area contributed by atoms with Crippen molar-refractivity contribution < 1.29 is 9.59 Å². The van der Waals surface area contributed by atoms with Crippen LogP contribution in [0.25, 0.3) is 0 Å². The molecule has 0 spiro atoms. The first-order valence-electron chi connectivity index (χ1n) is 12.9. The van der Waals surface area contributed by atoms with Gasteiger partial charge in [0.15, 0.2) is 0 Å². The Hall–Kier alpha value is -3.05. The van der Waals surface area contributed by atoms with Gasteiger partial charge in [0.05, 0.1) is 12.1 Å². The summed E-state index contributed by atoms with van der Waals surface area (Å²) in [4.78, 5) is 32.8. The molecule has 2 rings (SSSR count). The number of nitrogens with zero attached hydrogens (tertiary/aromatic N) is 3. The minimum absolute atomic E-state index is 0.0162. The van der Waals surface area contributed by atoms with Gasteiger partial charge in [-0.25, -0.2) is 0 Å². The number of amides is 1. The normalized spacial score (nSPS) is 15.5. The van der Waals surface area contributed by atoms with Crippen LogP contribution in [0.3, 0.4) is 0 Å². The molecule has 5 heteroatoms. The van der Waals surface area contributed by atoms with Gasteiger partial charge in [0.1, 0.15) is 5.78 Å². The predicted molar refractivity (Wildman–Crippen MR) is 145 cm³/mol. The second-order valence-electron chi connectivity index (χ2n) is 8.60. The van der Waals surface area contributed by atoms with Crippen LogP contribution >= 0.6 is 0 Å². The maximum atomic E-state index is 12.5. The lowest BCUT2D eigenvalue weighted by Gasteiger charge is -2.34. The molecule has 0 unspecified atom stereocenters. The minimum Gasteiger partial charge on any atom is -0.336 e. The van der Waals surface area contributed by atoms with Crippen molar-refractivity contribution in [3.8, 4) is 0 Å². The molecule has 0 aromatic carbocycles. The second-order valence-corrected chi connectivity index (χ2v) is 8.60. The van der Waals surface area contributed by atoms with Crippen LogP contribution in [-0.2, 0) is 4.79 Å². The third kappa shape index (κ3) is 12.8. The van der Waals surface area contributed by atoms with E-state index in [1.54, 1.807) is 24.5 Å². The van der Waals surface area contributed by atoms with Crippen molar-refractivity contribution in [2.24, 2.45) is 0 Å². The highest BCUT2D eigenvalue weighted by Crippen LogP contribution is 2.08. The molecule has 0 atom stereocenters. The maximum Gasteiger partial charge on any atom is 0.255 e. The molecule has 1 saturated heterocycles. The highest BCUT2D eigenvalue weighted by atomic mass is 16.2. The van der Waals surface area contributed by atoms with E-state index in [0.717, 1.165) is 51.6 Å². The van der Waals surface area contributed by atoms with Crippen LogP contribution < -0.4 is 0 Å². The van der Waals surface area contributed by atoms with E-state index < -0.39 is 0 Å². The Balaban J connectivity index is 1.49. The molecule has 35 heavy (non-hydrogen) atoms. The van der Waals surface area contributed by atoms with Gasteiger partial charge in [-0.3, -0.25) is 19.5 Å². The van der Waals surface area contributed by atoms with E-state index in [4.69, 9.17) is 0 Å². The molecule has 2 heterocycles. The van der Waals surface area contributed by atoms with E-state index in [1.165, 1.54) is 0 Å². The zero-order valence-electron chi connectivity index (χ0n) is 21.2. The van der Waals surface area contributed by atoms with Gasteiger partial charge in [-0.15, -0.1) is 0 Å². The van der Waals surface area contributed by atoms with E-state index in [1.807, 2.05) is 4.90 Å². The van der Waals surface area contributed by atoms with Gasteiger partial charge in [-0.2, -0.15) is 0 Å². The summed E-state index contributed by atoms with van der Waals surface area (Å²) in [7, 11) is 0. The van der Waals surface area contributed by atoms with Crippen LogP contribution in [0, 0.1) is 0 Å². The van der Waals surface area contributed by atoms with E-state index in [2.05, 4.69) is 77.6 Å². The molecule has 0 bridgehead atoms. The van der Waals surface area contributed by atoms with Gasteiger partial charge in [0, 0.05) is 45.0 Å². The van der Waals surface area contributed by atoms with Crippen LogP contribution in [0.1, 0.15) is 62.2 Å². The van der Waals surface area contributed by atoms with Gasteiger partial charge in [-0.1, -0.05) is 67.7 Å². The lowest BCUT2D eigenvalue weighted by atomic mass is 10.1. The quantitative estimate of drug-likeness (QED) is 0.295. The van der Waals surface area contributed by atoms with Crippen molar-refractivity contribution in [3.05, 3.63) is 90.9 Å². The van der Waals surface area contributed by atoms with Crippen LogP contribution in [0.15, 0.2) is 85.3 Å². The SMILES string of the molecule is CC/C=C\C/C=C\C/C=C\C/C=C\C/C=C\CCC(=O)CN1CCN(C(=O)c2cccnc2)CC1. The molecule has 1 aromatic heterocycles. The van der Waals surface area contributed by atoms with E-state index in [9.17, 15) is 9.59 Å². The van der Waals surface area contributed by atoms with Gasteiger partial charge >= 0.3 is 0 Å². The summed E-state index contributed by atoms with van der Waals surface area (Å²) in [5.41, 5.74) is 0.620. The van der Waals surface area contributed by atoms with E-state index in [0.29, 0.717) is 31.6 Å². The van der Waals surface area contributed by atoms with Crippen molar-refractivity contribution in [1.82, 2.24) is 14.8 Å². The molecule has 1 amide bonds. The summed E-state index contributed by atoms with van der Waals surface area (Å²) in [6, 6.07) is 3.57.